The van der Waals surface area contributed by atoms with Crippen LogP contribution in [-0.2, 0) is 38.0 Å². The van der Waals surface area contributed by atoms with Crippen molar-refractivity contribution in [2.24, 2.45) is 0 Å². The van der Waals surface area contributed by atoms with Crippen LogP contribution in [0.1, 0.15) is 22.8 Å². The number of hydrogen-bond acceptors (Lipinski definition) is 23. The highest BCUT2D eigenvalue weighted by Gasteiger charge is 2.52. The number of phenolic OH excluding ortho intramolecular Hbond substituents is 5. The number of aliphatic hydroxyl groups is 8. The number of carbonyl (C=O) groups excluding carboxylic acids is 1. The molecule has 3 saturated heterocycles. The molecule has 0 aromatic heterocycles. The van der Waals surface area contributed by atoms with Gasteiger partial charge in [0.1, 0.15) is 90.7 Å². The van der Waals surface area contributed by atoms with Crippen LogP contribution in [0.25, 0.3) is 12.2 Å². The summed E-state index contributed by atoms with van der Waals surface area (Å²) < 4.78 is 51.2. The average Bonchev–Trinajstić information content (AvgIpc) is 3.28. The molecule has 3 aromatic rings. The topological polar surface area (TPSA) is 363 Å². The standard InChI is InChI=1S/C42H48O23/c1-57-26-8-16(2-5-21(26)45)3-7-30(49)58-14-28-32(51)34(53)37(56)40(63-28)60-15-29-33(52)35(54)39(65-41-36(55)31(50)24(48)13-59-41)42(64-29)62-27-12-19-22(46)10-18(43)11-25(19)61-38(27)17-4-6-20(44)23(47)9-17/h2-12,24,28-29,31-48,50-56H,13-15H2,1H3/b7-3+/t24-,28+,29+,31+,32+,33+,34-,35-,36+,37+,38?,39+,40+,41+,42+/m0/s1. The summed E-state index contributed by atoms with van der Waals surface area (Å²) in [4.78, 5) is 12.5. The van der Waals surface area contributed by atoms with E-state index < -0.39 is 135 Å². The van der Waals surface area contributed by atoms with Gasteiger partial charge in [-0.05, 0) is 42.0 Å². The monoisotopic (exact) mass is 920 g/mol. The third kappa shape index (κ3) is 10.3. The number of phenols is 5. The summed E-state index contributed by atoms with van der Waals surface area (Å²) in [6.07, 6.45) is -22.9. The van der Waals surface area contributed by atoms with Crippen molar-refractivity contribution in [2.75, 3.05) is 26.9 Å². The Bertz CT molecular complexity index is 2220. The van der Waals surface area contributed by atoms with Crippen molar-refractivity contribution >= 4 is 18.1 Å². The number of esters is 1. The van der Waals surface area contributed by atoms with Crippen LogP contribution in [0, 0.1) is 0 Å². The van der Waals surface area contributed by atoms with Crippen molar-refractivity contribution in [1.82, 2.24) is 0 Å². The third-order valence-electron chi connectivity index (χ3n) is 10.9. The highest BCUT2D eigenvalue weighted by molar-refractivity contribution is 5.87. The number of fused-ring (bicyclic) bond motifs is 1. The number of carbonyl (C=O) groups is 1. The van der Waals surface area contributed by atoms with Crippen LogP contribution in [-0.4, -0.2) is 185 Å². The summed E-state index contributed by atoms with van der Waals surface area (Å²) in [6.45, 7) is -1.94. The number of rotatable bonds is 13. The maximum Gasteiger partial charge on any atom is 0.330 e. The second-order valence-corrected chi connectivity index (χ2v) is 15.4. The molecule has 354 valence electrons. The number of hydrogen-bond donors (Lipinski definition) is 13. The molecule has 0 radical (unpaired) electrons. The summed E-state index contributed by atoms with van der Waals surface area (Å²) in [5.41, 5.74) is 0.577. The molecule has 0 bridgehead atoms. The smallest absolute Gasteiger partial charge is 0.330 e. The minimum Gasteiger partial charge on any atom is -0.508 e. The Morgan fingerprint density at radius 3 is 2.14 bits per heavy atom. The van der Waals surface area contributed by atoms with Gasteiger partial charge < -0.3 is 109 Å². The normalized spacial score (nSPS) is 33.7. The van der Waals surface area contributed by atoms with Gasteiger partial charge in [0.2, 0.25) is 6.29 Å². The predicted molar refractivity (Wildman–Crippen MR) is 213 cm³/mol. The second kappa shape index (κ2) is 19.9. The predicted octanol–water partition coefficient (Wildman–Crippen LogP) is -1.93. The molecule has 0 spiro atoms. The third-order valence-corrected chi connectivity index (χ3v) is 10.9. The number of benzene rings is 3. The molecule has 7 rings (SSSR count). The lowest BCUT2D eigenvalue weighted by molar-refractivity contribution is -0.360. The van der Waals surface area contributed by atoms with Gasteiger partial charge in [0.15, 0.2) is 47.8 Å². The van der Waals surface area contributed by atoms with E-state index in [9.17, 15) is 71.2 Å². The number of ether oxygens (including phenoxy) is 9. The molecule has 0 amide bonds. The van der Waals surface area contributed by atoms with Crippen molar-refractivity contribution < 1.29 is 114 Å². The van der Waals surface area contributed by atoms with Gasteiger partial charge in [0, 0.05) is 23.8 Å². The number of aliphatic hydroxyl groups excluding tert-OH is 8. The Hall–Kier alpha value is -5.51. The van der Waals surface area contributed by atoms with Crippen LogP contribution >= 0.6 is 0 Å². The highest BCUT2D eigenvalue weighted by Crippen LogP contribution is 2.46. The Balaban J connectivity index is 1.10. The Morgan fingerprint density at radius 1 is 0.708 bits per heavy atom. The largest absolute Gasteiger partial charge is 0.508 e. The first kappa shape index (κ1) is 47.5. The maximum absolute atomic E-state index is 12.5. The van der Waals surface area contributed by atoms with E-state index in [4.69, 9.17) is 42.6 Å². The molecular formula is C42H48O23. The lowest BCUT2D eigenvalue weighted by atomic mass is 9.97. The fourth-order valence-corrected chi connectivity index (χ4v) is 7.30. The molecule has 1 unspecified atom stereocenters. The molecule has 4 aliphatic heterocycles. The highest BCUT2D eigenvalue weighted by atomic mass is 16.8. The van der Waals surface area contributed by atoms with E-state index in [2.05, 4.69) is 0 Å². The SMILES string of the molecule is COc1cc(/C=C/C(=O)OC[C@H]2O[C@@H](OC[C@H]3O[C@@H](OC4=Cc5c(O)cc(O)cc5OC4c4ccc(O)c(O)c4)[C@H](O[C@H]4OC[C@H](O)[C@@H](O)[C@H]4O)[C@@H](O)[C@@H]3O)[C@H](O)[C@@H](O)[C@@H]2O)ccc1O. The van der Waals surface area contributed by atoms with Gasteiger partial charge in [-0.3, -0.25) is 0 Å². The van der Waals surface area contributed by atoms with Crippen LogP contribution in [0.15, 0.2) is 60.4 Å². The van der Waals surface area contributed by atoms with Gasteiger partial charge in [-0.15, -0.1) is 0 Å². The zero-order valence-electron chi connectivity index (χ0n) is 34.0. The van der Waals surface area contributed by atoms with Crippen molar-refractivity contribution in [2.45, 2.75) is 92.1 Å². The fourth-order valence-electron chi connectivity index (χ4n) is 7.30. The average molecular weight is 921 g/mol. The molecule has 0 saturated carbocycles. The minimum atomic E-state index is -2.02. The summed E-state index contributed by atoms with van der Waals surface area (Å²) >= 11 is 0. The molecule has 65 heavy (non-hydrogen) atoms. The maximum atomic E-state index is 12.5. The quantitative estimate of drug-likeness (QED) is 0.0504. The van der Waals surface area contributed by atoms with E-state index in [1.807, 2.05) is 0 Å². The van der Waals surface area contributed by atoms with E-state index in [1.54, 1.807) is 0 Å². The molecule has 13 N–H and O–H groups in total. The molecule has 23 heteroatoms. The van der Waals surface area contributed by atoms with Gasteiger partial charge in [-0.1, -0.05) is 12.1 Å². The van der Waals surface area contributed by atoms with Gasteiger partial charge in [0.25, 0.3) is 0 Å². The molecule has 0 aliphatic carbocycles. The van der Waals surface area contributed by atoms with Gasteiger partial charge in [-0.2, -0.15) is 0 Å². The molecule has 3 aromatic carbocycles. The second-order valence-electron chi connectivity index (χ2n) is 15.4. The van der Waals surface area contributed by atoms with Gasteiger partial charge in [-0.25, -0.2) is 4.79 Å². The molecule has 3 fully saturated rings. The zero-order chi connectivity index (χ0) is 46.9. The van der Waals surface area contributed by atoms with Gasteiger partial charge >= 0.3 is 5.97 Å². The lowest BCUT2D eigenvalue weighted by Gasteiger charge is -2.46. The minimum absolute atomic E-state index is 0.0209. The first-order valence-electron chi connectivity index (χ1n) is 19.9. The fraction of sp³-hybridized carbons (Fsp3) is 0.452. The Kier molecular flexibility index (Phi) is 14.5. The van der Waals surface area contributed by atoms with E-state index >= 15 is 0 Å². The Morgan fingerprint density at radius 2 is 1.40 bits per heavy atom. The van der Waals surface area contributed by atoms with Crippen LogP contribution in [0.4, 0.5) is 0 Å². The summed E-state index contributed by atoms with van der Waals surface area (Å²) in [5.74, 6) is -3.08. The van der Waals surface area contributed by atoms with E-state index in [0.717, 1.165) is 24.3 Å². The van der Waals surface area contributed by atoms with Crippen LogP contribution in [0.5, 0.6) is 40.2 Å². The van der Waals surface area contributed by atoms with E-state index in [1.165, 1.54) is 49.6 Å². The summed E-state index contributed by atoms with van der Waals surface area (Å²) in [6, 6.07) is 10.1. The summed E-state index contributed by atoms with van der Waals surface area (Å²) in [5, 5.41) is 137. The molecular weight excluding hydrogens is 872 g/mol. The number of aromatic hydroxyl groups is 5. The summed E-state index contributed by atoms with van der Waals surface area (Å²) in [7, 11) is 1.34. The molecule has 23 nitrogen and oxygen atoms in total. The van der Waals surface area contributed by atoms with Gasteiger partial charge in [0.05, 0.1) is 25.9 Å². The number of methoxy groups -OCH3 is 1. The zero-order valence-corrected chi connectivity index (χ0v) is 34.0. The van der Waals surface area contributed by atoms with Crippen LogP contribution < -0.4 is 9.47 Å². The van der Waals surface area contributed by atoms with Crippen molar-refractivity contribution in [1.29, 1.82) is 0 Å². The van der Waals surface area contributed by atoms with Crippen LogP contribution in [0.2, 0.25) is 0 Å². The molecule has 4 heterocycles. The van der Waals surface area contributed by atoms with E-state index in [-0.39, 0.29) is 39.9 Å². The molecule has 4 aliphatic rings. The van der Waals surface area contributed by atoms with Crippen LogP contribution in [0.3, 0.4) is 0 Å². The van der Waals surface area contributed by atoms with Crippen molar-refractivity contribution in [3.8, 4) is 40.2 Å². The molecule has 15 atom stereocenters. The lowest BCUT2D eigenvalue weighted by Crippen LogP contribution is -2.64. The van der Waals surface area contributed by atoms with Crippen molar-refractivity contribution in [3.63, 3.8) is 0 Å². The first-order valence-corrected chi connectivity index (χ1v) is 19.9. The van der Waals surface area contributed by atoms with Crippen molar-refractivity contribution in [3.05, 3.63) is 77.1 Å². The van der Waals surface area contributed by atoms with E-state index in [0.29, 0.717) is 5.56 Å². The first-order chi connectivity index (χ1) is 30.9. The Labute approximate surface area is 367 Å².